The van der Waals surface area contributed by atoms with Crippen LogP contribution in [-0.4, -0.2) is 19.6 Å². The lowest BCUT2D eigenvalue weighted by molar-refractivity contribution is -0.122. The van der Waals surface area contributed by atoms with Crippen molar-refractivity contribution in [2.24, 2.45) is 0 Å². The van der Waals surface area contributed by atoms with Crippen molar-refractivity contribution in [1.29, 1.82) is 0 Å². The standard InChI is InChI=1S/C24H23NO3/c1-16-9-3-4-10-17(16)22(27-2)15-25-24(26)23-18-11-5-7-13-20(18)28-21-14-8-6-12-19(21)23/h3-14,22-23H,15H2,1-2H3,(H,25,26)/t22-/m1/s1. The second kappa shape index (κ2) is 7.87. The molecule has 1 heterocycles. The number of aryl methyl sites for hydroxylation is 1. The Morgan fingerprint density at radius 2 is 1.54 bits per heavy atom. The number of para-hydroxylation sites is 2. The van der Waals surface area contributed by atoms with Crippen molar-refractivity contribution in [3.8, 4) is 11.5 Å². The lowest BCUT2D eigenvalue weighted by Gasteiger charge is -2.28. The van der Waals surface area contributed by atoms with Crippen LogP contribution in [0.1, 0.15) is 34.3 Å². The Labute approximate surface area is 165 Å². The minimum absolute atomic E-state index is 0.0566. The van der Waals surface area contributed by atoms with Gasteiger partial charge in [-0.05, 0) is 30.2 Å². The molecule has 0 fully saturated rings. The van der Waals surface area contributed by atoms with Crippen LogP contribution in [0, 0.1) is 6.92 Å². The van der Waals surface area contributed by atoms with Crippen LogP contribution in [0.15, 0.2) is 72.8 Å². The van der Waals surface area contributed by atoms with Gasteiger partial charge in [-0.3, -0.25) is 4.79 Å². The second-order valence-electron chi connectivity index (χ2n) is 6.94. The first-order valence-electron chi connectivity index (χ1n) is 9.40. The van der Waals surface area contributed by atoms with E-state index in [9.17, 15) is 4.79 Å². The van der Waals surface area contributed by atoms with Gasteiger partial charge >= 0.3 is 0 Å². The molecule has 3 aromatic rings. The van der Waals surface area contributed by atoms with Crippen molar-refractivity contribution in [2.45, 2.75) is 18.9 Å². The summed E-state index contributed by atoms with van der Waals surface area (Å²) >= 11 is 0. The molecule has 0 bridgehead atoms. The predicted octanol–water partition coefficient (Wildman–Crippen LogP) is 4.74. The van der Waals surface area contributed by atoms with E-state index in [1.807, 2.05) is 79.7 Å². The summed E-state index contributed by atoms with van der Waals surface area (Å²) in [5.74, 6) is 0.987. The molecular weight excluding hydrogens is 350 g/mol. The van der Waals surface area contributed by atoms with E-state index in [1.165, 1.54) is 0 Å². The first kappa shape index (κ1) is 18.3. The van der Waals surface area contributed by atoms with E-state index in [4.69, 9.17) is 9.47 Å². The van der Waals surface area contributed by atoms with E-state index < -0.39 is 5.92 Å². The molecule has 1 N–H and O–H groups in total. The molecule has 4 nitrogen and oxygen atoms in total. The summed E-state index contributed by atoms with van der Waals surface area (Å²) in [5.41, 5.74) is 3.98. The third-order valence-electron chi connectivity index (χ3n) is 5.22. The van der Waals surface area contributed by atoms with Gasteiger partial charge in [-0.2, -0.15) is 0 Å². The highest BCUT2D eigenvalue weighted by Gasteiger charge is 2.32. The van der Waals surface area contributed by atoms with E-state index >= 15 is 0 Å². The number of amides is 1. The molecule has 142 valence electrons. The van der Waals surface area contributed by atoms with E-state index in [1.54, 1.807) is 7.11 Å². The number of fused-ring (bicyclic) bond motifs is 2. The highest BCUT2D eigenvalue weighted by molar-refractivity contribution is 5.89. The molecule has 0 saturated heterocycles. The smallest absolute Gasteiger partial charge is 0.232 e. The lowest BCUT2D eigenvalue weighted by atomic mass is 9.87. The highest BCUT2D eigenvalue weighted by atomic mass is 16.5. The third-order valence-corrected chi connectivity index (χ3v) is 5.22. The van der Waals surface area contributed by atoms with Gasteiger partial charge in [0.2, 0.25) is 5.91 Å². The van der Waals surface area contributed by atoms with Crippen molar-refractivity contribution in [2.75, 3.05) is 13.7 Å². The number of hydrogen-bond donors (Lipinski definition) is 1. The number of hydrogen-bond acceptors (Lipinski definition) is 3. The number of carbonyl (C=O) groups is 1. The molecule has 0 aliphatic carbocycles. The van der Waals surface area contributed by atoms with Crippen LogP contribution in [0.5, 0.6) is 11.5 Å². The van der Waals surface area contributed by atoms with Crippen LogP contribution < -0.4 is 10.1 Å². The Bertz CT molecular complexity index is 953. The van der Waals surface area contributed by atoms with Crippen LogP contribution in [0.4, 0.5) is 0 Å². The average molecular weight is 373 g/mol. The fraction of sp³-hybridized carbons (Fsp3) is 0.208. The number of methoxy groups -OCH3 is 1. The Morgan fingerprint density at radius 1 is 0.964 bits per heavy atom. The van der Waals surface area contributed by atoms with Gasteiger partial charge in [0.05, 0.1) is 12.0 Å². The normalized spacial score (nSPS) is 13.8. The number of nitrogens with one attached hydrogen (secondary N) is 1. The first-order chi connectivity index (χ1) is 13.7. The second-order valence-corrected chi connectivity index (χ2v) is 6.94. The molecule has 3 aromatic carbocycles. The van der Waals surface area contributed by atoms with Crippen LogP contribution >= 0.6 is 0 Å². The summed E-state index contributed by atoms with van der Waals surface area (Å²) in [6.07, 6.45) is -0.199. The molecule has 0 radical (unpaired) electrons. The molecule has 4 rings (SSSR count). The Kier molecular flexibility index (Phi) is 5.13. The minimum atomic E-state index is -0.407. The fourth-order valence-electron chi connectivity index (χ4n) is 3.76. The Morgan fingerprint density at radius 3 is 2.14 bits per heavy atom. The van der Waals surface area contributed by atoms with Crippen LogP contribution in [0.25, 0.3) is 0 Å². The SMILES string of the molecule is CO[C@H](CNC(=O)C1c2ccccc2Oc2ccccc21)c1ccccc1C. The lowest BCUT2D eigenvalue weighted by Crippen LogP contribution is -2.35. The van der Waals surface area contributed by atoms with Gasteiger partial charge in [-0.25, -0.2) is 0 Å². The summed E-state index contributed by atoms with van der Waals surface area (Å²) in [6, 6.07) is 23.5. The molecule has 0 saturated carbocycles. The Hall–Kier alpha value is -3.11. The first-order valence-corrected chi connectivity index (χ1v) is 9.40. The predicted molar refractivity (Wildman–Crippen MR) is 109 cm³/mol. The van der Waals surface area contributed by atoms with Crippen LogP contribution in [-0.2, 0) is 9.53 Å². The number of ether oxygens (including phenoxy) is 2. The average Bonchev–Trinajstić information content (AvgIpc) is 2.73. The molecule has 0 unspecified atom stereocenters. The molecular formula is C24H23NO3. The highest BCUT2D eigenvalue weighted by Crippen LogP contribution is 2.43. The van der Waals surface area contributed by atoms with E-state index in [-0.39, 0.29) is 12.0 Å². The molecule has 28 heavy (non-hydrogen) atoms. The zero-order chi connectivity index (χ0) is 19.5. The van der Waals surface area contributed by atoms with Gasteiger partial charge in [0.25, 0.3) is 0 Å². The van der Waals surface area contributed by atoms with E-state index in [2.05, 4.69) is 5.32 Å². The summed E-state index contributed by atoms with van der Waals surface area (Å²) in [7, 11) is 1.67. The maximum Gasteiger partial charge on any atom is 0.232 e. The number of carbonyl (C=O) groups excluding carboxylic acids is 1. The molecule has 0 aromatic heterocycles. The minimum Gasteiger partial charge on any atom is -0.457 e. The summed E-state index contributed by atoms with van der Waals surface area (Å²) < 4.78 is 11.6. The van der Waals surface area contributed by atoms with Gasteiger partial charge < -0.3 is 14.8 Å². The van der Waals surface area contributed by atoms with Crippen LogP contribution in [0.3, 0.4) is 0 Å². The monoisotopic (exact) mass is 373 g/mol. The van der Waals surface area contributed by atoms with Gasteiger partial charge in [-0.15, -0.1) is 0 Å². The summed E-state index contributed by atoms with van der Waals surface area (Å²) in [5, 5.41) is 3.09. The van der Waals surface area contributed by atoms with E-state index in [0.717, 1.165) is 33.8 Å². The van der Waals surface area contributed by atoms with Crippen molar-refractivity contribution in [1.82, 2.24) is 5.32 Å². The van der Waals surface area contributed by atoms with Crippen molar-refractivity contribution >= 4 is 5.91 Å². The summed E-state index contributed by atoms with van der Waals surface area (Å²) in [4.78, 5) is 13.2. The van der Waals surface area contributed by atoms with Gasteiger partial charge in [0.15, 0.2) is 0 Å². The van der Waals surface area contributed by atoms with Crippen molar-refractivity contribution in [3.05, 3.63) is 95.1 Å². The van der Waals surface area contributed by atoms with Crippen LogP contribution in [0.2, 0.25) is 0 Å². The zero-order valence-electron chi connectivity index (χ0n) is 16.0. The molecule has 1 aliphatic heterocycles. The molecule has 1 amide bonds. The Balaban J connectivity index is 1.59. The molecule has 0 spiro atoms. The van der Waals surface area contributed by atoms with Gasteiger partial charge in [0.1, 0.15) is 11.5 Å². The van der Waals surface area contributed by atoms with Gasteiger partial charge in [0, 0.05) is 24.8 Å². The number of benzene rings is 3. The maximum atomic E-state index is 13.2. The number of rotatable bonds is 5. The fourth-order valence-corrected chi connectivity index (χ4v) is 3.76. The quantitative estimate of drug-likeness (QED) is 0.703. The molecule has 1 atom stereocenters. The maximum absolute atomic E-state index is 13.2. The molecule has 1 aliphatic rings. The van der Waals surface area contributed by atoms with Crippen molar-refractivity contribution < 1.29 is 14.3 Å². The topological polar surface area (TPSA) is 47.6 Å². The largest absolute Gasteiger partial charge is 0.457 e. The third kappa shape index (κ3) is 3.39. The molecule has 4 heteroatoms. The van der Waals surface area contributed by atoms with Crippen molar-refractivity contribution in [3.63, 3.8) is 0 Å². The van der Waals surface area contributed by atoms with Gasteiger partial charge in [-0.1, -0.05) is 60.7 Å². The zero-order valence-corrected chi connectivity index (χ0v) is 16.0. The van der Waals surface area contributed by atoms with E-state index in [0.29, 0.717) is 6.54 Å². The summed E-state index contributed by atoms with van der Waals surface area (Å²) in [6.45, 7) is 2.45.